The van der Waals surface area contributed by atoms with Crippen LogP contribution in [0.4, 0.5) is 4.39 Å². The monoisotopic (exact) mass is 345 g/mol. The molecule has 26 heavy (non-hydrogen) atoms. The third-order valence-electron chi connectivity index (χ3n) is 4.90. The minimum atomic E-state index is -0.226. The Labute approximate surface area is 152 Å². The summed E-state index contributed by atoms with van der Waals surface area (Å²) in [7, 11) is 0. The van der Waals surface area contributed by atoms with Gasteiger partial charge in [0.2, 0.25) is 5.91 Å². The normalized spacial score (nSPS) is 16.1. The van der Waals surface area contributed by atoms with E-state index in [4.69, 9.17) is 0 Å². The van der Waals surface area contributed by atoms with Crippen molar-refractivity contribution in [2.45, 2.75) is 26.2 Å². The predicted molar refractivity (Wildman–Crippen MR) is 104 cm³/mol. The van der Waals surface area contributed by atoms with Crippen molar-refractivity contribution in [1.82, 2.24) is 4.57 Å². The predicted octanol–water partition coefficient (Wildman–Crippen LogP) is 6.09. The lowest BCUT2D eigenvalue weighted by Gasteiger charge is -2.17. The van der Waals surface area contributed by atoms with Crippen LogP contribution in [0, 0.1) is 5.82 Å². The second-order valence-electron chi connectivity index (χ2n) is 6.68. The Morgan fingerprint density at radius 1 is 1.12 bits per heavy atom. The van der Waals surface area contributed by atoms with E-state index in [0.717, 1.165) is 41.3 Å². The molecule has 0 N–H and O–H groups in total. The first-order valence-corrected chi connectivity index (χ1v) is 8.91. The molecule has 1 aromatic heterocycles. The van der Waals surface area contributed by atoms with Gasteiger partial charge < -0.3 is 0 Å². The number of aromatic nitrogens is 1. The van der Waals surface area contributed by atoms with Gasteiger partial charge in [-0.15, -0.1) is 0 Å². The number of hydrogen-bond donors (Lipinski definition) is 0. The summed E-state index contributed by atoms with van der Waals surface area (Å²) in [4.78, 5) is 12.1. The Bertz CT molecular complexity index is 1040. The SMILES string of the molecule is CC(=O)n1cc(C2=CCCC/C2=C\c2ccc(F)cc2)c2ccccc21. The highest BCUT2D eigenvalue weighted by Crippen LogP contribution is 2.37. The molecule has 0 saturated carbocycles. The van der Waals surface area contributed by atoms with Gasteiger partial charge in [0.25, 0.3) is 0 Å². The minimum Gasteiger partial charge on any atom is -0.287 e. The largest absolute Gasteiger partial charge is 0.287 e. The molecule has 0 saturated heterocycles. The first-order valence-electron chi connectivity index (χ1n) is 8.91. The van der Waals surface area contributed by atoms with Crippen LogP contribution in [0.3, 0.4) is 0 Å². The Hall–Kier alpha value is -2.94. The smallest absolute Gasteiger partial charge is 0.227 e. The van der Waals surface area contributed by atoms with Crippen molar-refractivity contribution in [3.63, 3.8) is 0 Å². The van der Waals surface area contributed by atoms with Gasteiger partial charge in [-0.3, -0.25) is 9.36 Å². The molecule has 1 aliphatic rings. The molecule has 3 aromatic rings. The number of rotatable bonds is 2. The van der Waals surface area contributed by atoms with Crippen molar-refractivity contribution in [1.29, 1.82) is 0 Å². The van der Waals surface area contributed by atoms with Crippen LogP contribution in [0.1, 0.15) is 42.1 Å². The fraction of sp³-hybridized carbons (Fsp3) is 0.174. The van der Waals surface area contributed by atoms with Crippen LogP contribution < -0.4 is 0 Å². The van der Waals surface area contributed by atoms with E-state index < -0.39 is 0 Å². The minimum absolute atomic E-state index is 0.00734. The lowest BCUT2D eigenvalue weighted by Crippen LogP contribution is -2.03. The Morgan fingerprint density at radius 3 is 2.65 bits per heavy atom. The van der Waals surface area contributed by atoms with Crippen molar-refractivity contribution in [2.75, 3.05) is 0 Å². The van der Waals surface area contributed by atoms with E-state index in [9.17, 15) is 9.18 Å². The van der Waals surface area contributed by atoms with Crippen molar-refractivity contribution in [3.8, 4) is 0 Å². The van der Waals surface area contributed by atoms with Gasteiger partial charge in [-0.25, -0.2) is 4.39 Å². The highest BCUT2D eigenvalue weighted by Gasteiger charge is 2.18. The average Bonchev–Trinajstić information content (AvgIpc) is 3.04. The maximum Gasteiger partial charge on any atom is 0.227 e. The molecule has 1 aliphatic carbocycles. The molecule has 0 spiro atoms. The van der Waals surface area contributed by atoms with E-state index >= 15 is 0 Å². The van der Waals surface area contributed by atoms with Crippen LogP contribution >= 0.6 is 0 Å². The molecule has 2 nitrogen and oxygen atoms in total. The molecule has 0 amide bonds. The van der Waals surface area contributed by atoms with Crippen LogP contribution in [0.25, 0.3) is 22.6 Å². The highest BCUT2D eigenvalue weighted by atomic mass is 19.1. The molecule has 0 unspecified atom stereocenters. The number of nitrogens with zero attached hydrogens (tertiary/aromatic N) is 1. The zero-order valence-electron chi connectivity index (χ0n) is 14.7. The van der Waals surface area contributed by atoms with Gasteiger partial charge in [0.15, 0.2) is 0 Å². The first-order chi connectivity index (χ1) is 12.6. The van der Waals surface area contributed by atoms with Crippen LogP contribution in [-0.2, 0) is 0 Å². The fourth-order valence-corrected chi connectivity index (χ4v) is 3.65. The number of halogens is 1. The topological polar surface area (TPSA) is 22.0 Å². The molecule has 130 valence electrons. The second-order valence-corrected chi connectivity index (χ2v) is 6.68. The Kier molecular flexibility index (Phi) is 4.29. The highest BCUT2D eigenvalue weighted by molar-refractivity contribution is 6.02. The summed E-state index contributed by atoms with van der Waals surface area (Å²) in [5.41, 5.74) is 5.42. The van der Waals surface area contributed by atoms with E-state index in [2.05, 4.69) is 18.2 Å². The summed E-state index contributed by atoms with van der Waals surface area (Å²) in [5.74, 6) is -0.219. The van der Waals surface area contributed by atoms with E-state index in [1.165, 1.54) is 23.3 Å². The molecule has 0 bridgehead atoms. The van der Waals surface area contributed by atoms with E-state index in [0.29, 0.717) is 0 Å². The molecule has 0 aliphatic heterocycles. The molecular formula is C23H20FNO. The number of carbonyl (C=O) groups excluding carboxylic acids is 1. The van der Waals surface area contributed by atoms with Gasteiger partial charge in [-0.2, -0.15) is 0 Å². The molecule has 0 fully saturated rings. The van der Waals surface area contributed by atoms with Gasteiger partial charge >= 0.3 is 0 Å². The van der Waals surface area contributed by atoms with Gasteiger partial charge in [-0.05, 0) is 54.2 Å². The zero-order valence-corrected chi connectivity index (χ0v) is 14.7. The molecule has 3 heteroatoms. The summed E-state index contributed by atoms with van der Waals surface area (Å²) in [6, 6.07) is 14.6. The summed E-state index contributed by atoms with van der Waals surface area (Å²) >= 11 is 0. The third kappa shape index (κ3) is 3.01. The van der Waals surface area contributed by atoms with E-state index in [1.807, 2.05) is 24.4 Å². The van der Waals surface area contributed by atoms with Crippen LogP contribution in [-0.4, -0.2) is 10.5 Å². The van der Waals surface area contributed by atoms with Crippen molar-refractivity contribution >= 4 is 28.5 Å². The fourth-order valence-electron chi connectivity index (χ4n) is 3.65. The number of hydrogen-bond acceptors (Lipinski definition) is 1. The summed E-state index contributed by atoms with van der Waals surface area (Å²) < 4.78 is 14.9. The molecule has 1 heterocycles. The van der Waals surface area contributed by atoms with Gasteiger partial charge in [-0.1, -0.05) is 42.5 Å². The quantitative estimate of drug-likeness (QED) is 0.551. The molecular weight excluding hydrogens is 325 g/mol. The number of para-hydroxylation sites is 1. The zero-order chi connectivity index (χ0) is 18.1. The van der Waals surface area contributed by atoms with Crippen LogP contribution in [0.15, 0.2) is 66.4 Å². The lowest BCUT2D eigenvalue weighted by molar-refractivity contribution is 0.0941. The van der Waals surface area contributed by atoms with Crippen LogP contribution in [0.2, 0.25) is 0 Å². The summed E-state index contributed by atoms with van der Waals surface area (Å²) in [6.45, 7) is 1.58. The van der Waals surface area contributed by atoms with E-state index in [1.54, 1.807) is 23.6 Å². The number of allylic oxidation sites excluding steroid dienone is 3. The molecule has 0 radical (unpaired) electrons. The van der Waals surface area contributed by atoms with Gasteiger partial charge in [0.05, 0.1) is 5.52 Å². The van der Waals surface area contributed by atoms with Crippen LogP contribution in [0.5, 0.6) is 0 Å². The molecule has 4 rings (SSSR count). The van der Waals surface area contributed by atoms with Crippen molar-refractivity contribution in [2.24, 2.45) is 0 Å². The van der Waals surface area contributed by atoms with Crippen molar-refractivity contribution in [3.05, 3.63) is 83.3 Å². The Morgan fingerprint density at radius 2 is 1.88 bits per heavy atom. The number of carbonyl (C=O) groups is 1. The maximum absolute atomic E-state index is 13.2. The van der Waals surface area contributed by atoms with Gasteiger partial charge in [0.1, 0.15) is 5.82 Å². The molecule has 0 atom stereocenters. The Balaban J connectivity index is 1.85. The number of fused-ring (bicyclic) bond motifs is 1. The first kappa shape index (κ1) is 16.5. The lowest BCUT2D eigenvalue weighted by atomic mass is 9.87. The third-order valence-corrected chi connectivity index (χ3v) is 4.90. The van der Waals surface area contributed by atoms with Gasteiger partial charge in [0, 0.05) is 24.1 Å². The summed E-state index contributed by atoms with van der Waals surface area (Å²) in [6.07, 6.45) is 9.43. The number of benzene rings is 2. The average molecular weight is 345 g/mol. The van der Waals surface area contributed by atoms with E-state index in [-0.39, 0.29) is 11.7 Å². The summed E-state index contributed by atoms with van der Waals surface area (Å²) in [5, 5.41) is 1.08. The standard InChI is InChI=1S/C23H20FNO/c1-16(26)25-15-22(21-8-4-5-9-23(21)25)20-7-3-2-6-18(20)14-17-10-12-19(24)13-11-17/h4-5,7-15H,2-3,6H2,1H3/b18-14+. The molecule has 2 aromatic carbocycles. The maximum atomic E-state index is 13.2. The van der Waals surface area contributed by atoms with Crippen molar-refractivity contribution < 1.29 is 9.18 Å². The second kappa shape index (κ2) is 6.75.